The van der Waals surface area contributed by atoms with Gasteiger partial charge in [-0.2, -0.15) is 0 Å². The van der Waals surface area contributed by atoms with E-state index in [0.717, 1.165) is 15.4 Å². The lowest BCUT2D eigenvalue weighted by atomic mass is 10.1. The molecule has 178 valence electrons. The number of likely N-dealkylation sites (N-methyl/N-ethyl adjacent to an activating group) is 1. The van der Waals surface area contributed by atoms with Gasteiger partial charge in [-0.25, -0.2) is 8.42 Å². The van der Waals surface area contributed by atoms with Crippen LogP contribution in [-0.4, -0.2) is 44.8 Å². The van der Waals surface area contributed by atoms with E-state index in [2.05, 4.69) is 5.32 Å². The van der Waals surface area contributed by atoms with Crippen LogP contribution in [0.5, 0.6) is 0 Å². The lowest BCUT2D eigenvalue weighted by molar-refractivity contribution is -0.139. The van der Waals surface area contributed by atoms with Crippen LogP contribution in [0.15, 0.2) is 89.8 Å². The smallest absolute Gasteiger partial charge is 0.264 e. The zero-order valence-electron chi connectivity index (χ0n) is 19.5. The van der Waals surface area contributed by atoms with Gasteiger partial charge < -0.3 is 10.2 Å². The number of sulfonamides is 1. The minimum absolute atomic E-state index is 0.0868. The summed E-state index contributed by atoms with van der Waals surface area (Å²) >= 11 is 0. The first-order valence-electron chi connectivity index (χ1n) is 10.9. The summed E-state index contributed by atoms with van der Waals surface area (Å²) in [5.74, 6) is -0.823. The molecule has 3 rings (SSSR count). The first kappa shape index (κ1) is 25.0. The maximum absolute atomic E-state index is 13.6. The Balaban J connectivity index is 1.99. The van der Waals surface area contributed by atoms with Crippen LogP contribution in [0.25, 0.3) is 0 Å². The summed E-state index contributed by atoms with van der Waals surface area (Å²) < 4.78 is 28.3. The largest absolute Gasteiger partial charge is 0.357 e. The maximum atomic E-state index is 13.6. The number of amides is 2. The Hall–Kier alpha value is -3.65. The van der Waals surface area contributed by atoms with Crippen LogP contribution in [0, 0.1) is 6.92 Å². The van der Waals surface area contributed by atoms with E-state index in [4.69, 9.17) is 0 Å². The number of hydrogen-bond acceptors (Lipinski definition) is 4. The summed E-state index contributed by atoms with van der Waals surface area (Å²) in [6.07, 6.45) is 0. The van der Waals surface area contributed by atoms with Gasteiger partial charge in [0.25, 0.3) is 10.0 Å². The van der Waals surface area contributed by atoms with Gasteiger partial charge in [0.15, 0.2) is 0 Å². The summed E-state index contributed by atoms with van der Waals surface area (Å²) in [5, 5.41) is 2.57. The molecule has 0 aromatic heterocycles. The van der Waals surface area contributed by atoms with Crippen LogP contribution in [0.1, 0.15) is 18.1 Å². The van der Waals surface area contributed by atoms with Crippen LogP contribution in [-0.2, 0) is 26.2 Å². The number of hydrogen-bond donors (Lipinski definition) is 1. The molecule has 0 fully saturated rings. The highest BCUT2D eigenvalue weighted by Crippen LogP contribution is 2.24. The molecule has 0 saturated heterocycles. The highest BCUT2D eigenvalue weighted by atomic mass is 32.2. The number of rotatable bonds is 9. The Morgan fingerprint density at radius 1 is 0.882 bits per heavy atom. The molecular formula is C26H29N3O4S. The van der Waals surface area contributed by atoms with Gasteiger partial charge in [-0.05, 0) is 43.7 Å². The lowest BCUT2D eigenvalue weighted by Gasteiger charge is -2.31. The highest BCUT2D eigenvalue weighted by Gasteiger charge is 2.32. The molecule has 0 heterocycles. The third-order valence-corrected chi connectivity index (χ3v) is 7.33. The van der Waals surface area contributed by atoms with Gasteiger partial charge in [0, 0.05) is 13.6 Å². The van der Waals surface area contributed by atoms with E-state index in [9.17, 15) is 18.0 Å². The van der Waals surface area contributed by atoms with E-state index in [-0.39, 0.29) is 17.3 Å². The molecular weight excluding hydrogens is 450 g/mol. The van der Waals surface area contributed by atoms with Crippen molar-refractivity contribution in [3.05, 3.63) is 96.1 Å². The molecule has 2 amide bonds. The number of anilines is 1. The SMILES string of the molecule is CNC(=O)[C@@H](C)N(Cc1ccccc1)C(=O)CN(c1ccccc1)S(=O)(=O)c1ccc(C)cc1. The number of nitrogens with one attached hydrogen (secondary N) is 1. The van der Waals surface area contributed by atoms with Crippen LogP contribution in [0.3, 0.4) is 0 Å². The summed E-state index contributed by atoms with van der Waals surface area (Å²) in [5.41, 5.74) is 2.12. The molecule has 0 radical (unpaired) electrons. The van der Waals surface area contributed by atoms with E-state index >= 15 is 0 Å². The quantitative estimate of drug-likeness (QED) is 0.510. The molecule has 7 nitrogen and oxygen atoms in total. The summed E-state index contributed by atoms with van der Waals surface area (Å²) in [6, 6.07) is 23.5. The summed E-state index contributed by atoms with van der Waals surface area (Å²) in [6.45, 7) is 3.22. The third-order valence-electron chi connectivity index (χ3n) is 5.54. The van der Waals surface area contributed by atoms with Crippen molar-refractivity contribution in [3.8, 4) is 0 Å². The number of para-hydroxylation sites is 1. The van der Waals surface area contributed by atoms with Crippen molar-refractivity contribution in [2.24, 2.45) is 0 Å². The summed E-state index contributed by atoms with van der Waals surface area (Å²) in [4.78, 5) is 27.5. The van der Waals surface area contributed by atoms with Crippen LogP contribution in [0.4, 0.5) is 5.69 Å². The van der Waals surface area contributed by atoms with E-state index < -0.39 is 28.5 Å². The maximum Gasteiger partial charge on any atom is 0.264 e. The van der Waals surface area contributed by atoms with Crippen LogP contribution < -0.4 is 9.62 Å². The Kier molecular flexibility index (Phi) is 8.07. The first-order valence-corrected chi connectivity index (χ1v) is 12.4. The van der Waals surface area contributed by atoms with E-state index in [1.54, 1.807) is 49.4 Å². The first-order chi connectivity index (χ1) is 16.2. The van der Waals surface area contributed by atoms with E-state index in [1.807, 2.05) is 37.3 Å². The number of aryl methyl sites for hydroxylation is 1. The molecule has 0 aliphatic heterocycles. The minimum Gasteiger partial charge on any atom is -0.357 e. The Morgan fingerprint density at radius 2 is 1.44 bits per heavy atom. The second-order valence-corrected chi connectivity index (χ2v) is 9.82. The van der Waals surface area contributed by atoms with Gasteiger partial charge >= 0.3 is 0 Å². The number of benzene rings is 3. The van der Waals surface area contributed by atoms with Crippen molar-refractivity contribution < 1.29 is 18.0 Å². The standard InChI is InChI=1S/C26H29N3O4S/c1-20-14-16-24(17-15-20)34(32,33)29(23-12-8-5-9-13-23)19-25(30)28(21(2)26(31)27-3)18-22-10-6-4-7-11-22/h4-17,21H,18-19H2,1-3H3,(H,27,31)/t21-/m1/s1. The highest BCUT2D eigenvalue weighted by molar-refractivity contribution is 7.92. The zero-order chi connectivity index (χ0) is 24.7. The molecule has 0 bridgehead atoms. The molecule has 0 saturated carbocycles. The molecule has 0 spiro atoms. The molecule has 34 heavy (non-hydrogen) atoms. The van der Waals surface area contributed by atoms with Gasteiger partial charge in [-0.3, -0.25) is 13.9 Å². The van der Waals surface area contributed by atoms with Crippen molar-refractivity contribution in [1.82, 2.24) is 10.2 Å². The Labute approximate surface area is 201 Å². The van der Waals surface area contributed by atoms with Crippen LogP contribution >= 0.6 is 0 Å². The van der Waals surface area contributed by atoms with E-state index in [0.29, 0.717) is 5.69 Å². The lowest BCUT2D eigenvalue weighted by Crippen LogP contribution is -2.50. The molecule has 8 heteroatoms. The van der Waals surface area contributed by atoms with Gasteiger partial charge in [0.05, 0.1) is 10.6 Å². The van der Waals surface area contributed by atoms with Crippen molar-refractivity contribution >= 4 is 27.5 Å². The molecule has 0 unspecified atom stereocenters. The minimum atomic E-state index is -4.04. The van der Waals surface area contributed by atoms with Crippen molar-refractivity contribution in [2.45, 2.75) is 31.3 Å². The zero-order valence-corrected chi connectivity index (χ0v) is 20.3. The van der Waals surface area contributed by atoms with Gasteiger partial charge in [-0.15, -0.1) is 0 Å². The Morgan fingerprint density at radius 3 is 2.00 bits per heavy atom. The molecule has 0 aliphatic carbocycles. The molecule has 1 N–H and O–H groups in total. The second-order valence-electron chi connectivity index (χ2n) is 7.96. The van der Waals surface area contributed by atoms with Crippen molar-refractivity contribution in [2.75, 3.05) is 17.9 Å². The Bertz CT molecular complexity index is 1210. The van der Waals surface area contributed by atoms with Crippen molar-refractivity contribution in [1.29, 1.82) is 0 Å². The molecule has 0 aliphatic rings. The van der Waals surface area contributed by atoms with Gasteiger partial charge in [0.1, 0.15) is 12.6 Å². The molecule has 3 aromatic rings. The fourth-order valence-electron chi connectivity index (χ4n) is 3.53. The molecule has 3 aromatic carbocycles. The number of carbonyl (C=O) groups is 2. The van der Waals surface area contributed by atoms with Gasteiger partial charge in [0.2, 0.25) is 11.8 Å². The average Bonchev–Trinajstić information content (AvgIpc) is 2.86. The van der Waals surface area contributed by atoms with Crippen LogP contribution in [0.2, 0.25) is 0 Å². The number of carbonyl (C=O) groups excluding carboxylic acids is 2. The second kappa shape index (κ2) is 11.0. The molecule has 1 atom stereocenters. The average molecular weight is 480 g/mol. The van der Waals surface area contributed by atoms with Gasteiger partial charge in [-0.1, -0.05) is 66.2 Å². The summed E-state index contributed by atoms with van der Waals surface area (Å²) in [7, 11) is -2.54. The predicted molar refractivity (Wildman–Crippen MR) is 133 cm³/mol. The van der Waals surface area contributed by atoms with Crippen molar-refractivity contribution in [3.63, 3.8) is 0 Å². The normalized spacial score (nSPS) is 12.0. The monoisotopic (exact) mass is 479 g/mol. The fourth-order valence-corrected chi connectivity index (χ4v) is 4.95. The predicted octanol–water partition coefficient (Wildman–Crippen LogP) is 3.35. The van der Waals surface area contributed by atoms with E-state index in [1.165, 1.54) is 24.1 Å². The number of nitrogens with zero attached hydrogens (tertiary/aromatic N) is 2. The topological polar surface area (TPSA) is 86.8 Å². The third kappa shape index (κ3) is 5.82. The fraction of sp³-hybridized carbons (Fsp3) is 0.231.